The third-order valence-corrected chi connectivity index (χ3v) is 22.6. The molecule has 0 heterocycles. The van der Waals surface area contributed by atoms with Crippen LogP contribution < -0.4 is 0 Å². The minimum atomic E-state index is -2.02. The van der Waals surface area contributed by atoms with Gasteiger partial charge in [-0.05, 0) is 112 Å². The van der Waals surface area contributed by atoms with Crippen molar-refractivity contribution in [2.45, 2.75) is 169 Å². The molecule has 6 heteroatoms. The molecule has 4 nitrogen and oxygen atoms in total. The second-order valence-corrected chi connectivity index (χ2v) is 27.8. The molecule has 3 unspecified atom stereocenters. The van der Waals surface area contributed by atoms with Crippen molar-refractivity contribution in [1.29, 1.82) is 0 Å². The molecule has 0 spiro atoms. The van der Waals surface area contributed by atoms with E-state index in [1.54, 1.807) is 18.1 Å². The summed E-state index contributed by atoms with van der Waals surface area (Å²) in [6, 6.07) is 0. The fourth-order valence-electron chi connectivity index (χ4n) is 8.71. The number of fused-ring (bicyclic) bond motifs is 5. The second-order valence-electron chi connectivity index (χ2n) is 18.3. The van der Waals surface area contributed by atoms with Crippen LogP contribution in [0.3, 0.4) is 0 Å². The van der Waals surface area contributed by atoms with Crippen LogP contribution in [0.1, 0.15) is 114 Å². The molecular weight excluding hydrogens is 565 g/mol. The summed E-state index contributed by atoms with van der Waals surface area (Å²) in [7, 11) is -3.93. The van der Waals surface area contributed by atoms with Gasteiger partial charge in [0, 0.05) is 11.8 Å². The van der Waals surface area contributed by atoms with E-state index >= 15 is 0 Å². The van der Waals surface area contributed by atoms with E-state index in [9.17, 15) is 4.79 Å². The smallest absolute Gasteiger partial charge is 0.192 e. The first kappa shape index (κ1) is 35.3. The summed E-state index contributed by atoms with van der Waals surface area (Å²) < 4.78 is 21.0. The predicted molar refractivity (Wildman–Crippen MR) is 185 cm³/mol. The zero-order valence-electron chi connectivity index (χ0n) is 30.4. The molecule has 3 saturated carbocycles. The van der Waals surface area contributed by atoms with Crippen LogP contribution in [0.5, 0.6) is 0 Å². The number of hydrogen-bond donors (Lipinski definition) is 0. The fraction of sp³-hybridized carbons (Fsp3) is 0.865. The Bertz CT molecular complexity index is 1110. The highest BCUT2D eigenvalue weighted by atomic mass is 28.4. The third kappa shape index (κ3) is 6.53. The Kier molecular flexibility index (Phi) is 9.79. The van der Waals surface area contributed by atoms with Gasteiger partial charge >= 0.3 is 0 Å². The van der Waals surface area contributed by atoms with Gasteiger partial charge in [0.2, 0.25) is 0 Å². The van der Waals surface area contributed by atoms with E-state index in [0.29, 0.717) is 30.8 Å². The lowest BCUT2D eigenvalue weighted by Crippen LogP contribution is -2.58. The van der Waals surface area contributed by atoms with E-state index in [2.05, 4.69) is 101 Å². The summed E-state index contributed by atoms with van der Waals surface area (Å²) in [5.74, 6) is 1.88. The molecule has 0 saturated heterocycles. The standard InChI is InChI=1S/C37H66O4Si2/c1-25(38)20-22-39-26(2)30-17-18-31-29-16-15-27-23-28(40-42(11,12)34(3,4)5)24-33(41-43(13,14)35(6,7)8)37(27,10)32(29)19-21-36(30,31)9/h15-16,26,28,30-33H,17-24H2,1-14H3/t26?,28?,30-,31+,32+,33?,36-,37+/m1/s1. The minimum absolute atomic E-state index is 0.00984. The molecule has 0 aliphatic heterocycles. The second kappa shape index (κ2) is 11.9. The van der Waals surface area contributed by atoms with Crippen LogP contribution in [0, 0.1) is 28.6 Å². The van der Waals surface area contributed by atoms with Crippen LogP contribution in [0.15, 0.2) is 23.3 Å². The van der Waals surface area contributed by atoms with Crippen molar-refractivity contribution in [2.75, 3.05) is 6.61 Å². The normalized spacial score (nSPS) is 35.8. The largest absolute Gasteiger partial charge is 0.414 e. The summed E-state index contributed by atoms with van der Waals surface area (Å²) in [4.78, 5) is 11.5. The van der Waals surface area contributed by atoms with Gasteiger partial charge in [-0.1, -0.05) is 78.7 Å². The number of rotatable bonds is 9. The van der Waals surface area contributed by atoms with Crippen molar-refractivity contribution in [2.24, 2.45) is 28.6 Å². The van der Waals surface area contributed by atoms with Gasteiger partial charge in [-0.15, -0.1) is 0 Å². The molecule has 4 rings (SSSR count). The van der Waals surface area contributed by atoms with E-state index in [1.165, 1.54) is 25.7 Å². The average Bonchev–Trinajstić information content (AvgIpc) is 3.20. The quantitative estimate of drug-likeness (QED) is 0.238. The van der Waals surface area contributed by atoms with Crippen molar-refractivity contribution in [3.8, 4) is 0 Å². The Morgan fingerprint density at radius 3 is 2.12 bits per heavy atom. The van der Waals surface area contributed by atoms with E-state index in [0.717, 1.165) is 12.8 Å². The molecule has 4 aliphatic carbocycles. The van der Waals surface area contributed by atoms with Gasteiger partial charge in [-0.3, -0.25) is 4.79 Å². The molecule has 0 radical (unpaired) electrons. The Morgan fingerprint density at radius 1 is 0.930 bits per heavy atom. The number of carbonyl (C=O) groups excluding carboxylic acids is 1. The van der Waals surface area contributed by atoms with Crippen LogP contribution in [0.25, 0.3) is 0 Å². The monoisotopic (exact) mass is 630 g/mol. The maximum atomic E-state index is 11.5. The zero-order valence-corrected chi connectivity index (χ0v) is 32.4. The first-order valence-electron chi connectivity index (χ1n) is 17.4. The summed E-state index contributed by atoms with van der Waals surface area (Å²) in [6.45, 7) is 33.5. The molecule has 0 aromatic heterocycles. The van der Waals surface area contributed by atoms with Crippen LogP contribution in [-0.2, 0) is 18.4 Å². The zero-order chi connectivity index (χ0) is 32.4. The number of carbonyl (C=O) groups is 1. The Hall–Kier alpha value is -0.536. The van der Waals surface area contributed by atoms with Gasteiger partial charge < -0.3 is 13.6 Å². The summed E-state index contributed by atoms with van der Waals surface area (Å²) in [5, 5.41) is 0.355. The van der Waals surface area contributed by atoms with Crippen molar-refractivity contribution >= 4 is 22.4 Å². The Labute approximate surface area is 267 Å². The van der Waals surface area contributed by atoms with Crippen LogP contribution >= 0.6 is 0 Å². The number of ether oxygens (including phenoxy) is 1. The Balaban J connectivity index is 1.67. The Morgan fingerprint density at radius 2 is 1.53 bits per heavy atom. The lowest BCUT2D eigenvalue weighted by Gasteiger charge is -2.59. The maximum absolute atomic E-state index is 11.5. The number of hydrogen-bond acceptors (Lipinski definition) is 4. The SMILES string of the molecule is CC(=O)CCOC(C)[C@H]1CC[C@H]2C3=CC=C4CC(O[Si](C)(C)C(C)(C)C)CC(O[Si](C)(C)C(C)(C)C)[C@]4(C)[C@H]3CC[C@]12C. The molecule has 4 aliphatic rings. The fourth-order valence-corrected chi connectivity index (χ4v) is 11.5. The van der Waals surface area contributed by atoms with E-state index in [4.69, 9.17) is 13.6 Å². The van der Waals surface area contributed by atoms with Gasteiger partial charge in [0.15, 0.2) is 16.6 Å². The highest BCUT2D eigenvalue weighted by molar-refractivity contribution is 6.74. The first-order valence-corrected chi connectivity index (χ1v) is 23.2. The van der Waals surface area contributed by atoms with Gasteiger partial charge in [0.05, 0.1) is 24.9 Å². The molecule has 8 atom stereocenters. The molecular formula is C37H66O4Si2. The first-order chi connectivity index (χ1) is 19.5. The van der Waals surface area contributed by atoms with Crippen molar-refractivity contribution in [1.82, 2.24) is 0 Å². The molecule has 0 amide bonds. The van der Waals surface area contributed by atoms with Crippen LogP contribution in [0.2, 0.25) is 36.3 Å². The van der Waals surface area contributed by atoms with Crippen molar-refractivity contribution < 1.29 is 18.4 Å². The van der Waals surface area contributed by atoms with Crippen molar-refractivity contribution in [3.63, 3.8) is 0 Å². The summed E-state index contributed by atoms with van der Waals surface area (Å²) in [6.07, 6.45) is 13.1. The third-order valence-electron chi connectivity index (χ3n) is 13.6. The van der Waals surface area contributed by atoms with Gasteiger partial charge in [0.1, 0.15) is 5.78 Å². The maximum Gasteiger partial charge on any atom is 0.192 e. The molecule has 0 aromatic rings. The summed E-state index contributed by atoms with van der Waals surface area (Å²) in [5.41, 5.74) is 3.51. The highest BCUT2D eigenvalue weighted by Gasteiger charge is 2.61. The number of Topliss-reactive ketones (excluding diaryl/α,β-unsaturated/α-hetero) is 1. The molecule has 0 bridgehead atoms. The van der Waals surface area contributed by atoms with Gasteiger partial charge in [-0.25, -0.2) is 0 Å². The molecule has 3 fully saturated rings. The van der Waals surface area contributed by atoms with Gasteiger partial charge in [-0.2, -0.15) is 0 Å². The molecule has 0 aromatic carbocycles. The number of allylic oxidation sites excluding steroid dienone is 3. The molecule has 246 valence electrons. The lowest BCUT2D eigenvalue weighted by atomic mass is 9.49. The van der Waals surface area contributed by atoms with E-state index in [1.807, 2.05) is 0 Å². The summed E-state index contributed by atoms with van der Waals surface area (Å²) >= 11 is 0. The minimum Gasteiger partial charge on any atom is -0.414 e. The van der Waals surface area contributed by atoms with E-state index in [-0.39, 0.29) is 45.0 Å². The van der Waals surface area contributed by atoms with Crippen LogP contribution in [-0.4, -0.2) is 47.3 Å². The van der Waals surface area contributed by atoms with Crippen molar-refractivity contribution in [3.05, 3.63) is 23.3 Å². The lowest BCUT2D eigenvalue weighted by molar-refractivity contribution is -0.119. The predicted octanol–water partition coefficient (Wildman–Crippen LogP) is 10.3. The average molecular weight is 631 g/mol. The van der Waals surface area contributed by atoms with Crippen LogP contribution in [0.4, 0.5) is 0 Å². The molecule has 43 heavy (non-hydrogen) atoms. The number of ketones is 1. The topological polar surface area (TPSA) is 44.8 Å². The molecule has 0 N–H and O–H groups in total. The van der Waals surface area contributed by atoms with E-state index < -0.39 is 16.6 Å². The van der Waals surface area contributed by atoms with Gasteiger partial charge in [0.25, 0.3) is 0 Å². The highest BCUT2D eigenvalue weighted by Crippen LogP contribution is 2.66.